The van der Waals surface area contributed by atoms with E-state index in [1.807, 2.05) is 61.5 Å². The van der Waals surface area contributed by atoms with Gasteiger partial charge in [-0.3, -0.25) is 9.59 Å². The molecule has 0 unspecified atom stereocenters. The molecule has 0 saturated carbocycles. The monoisotopic (exact) mass is 517 g/mol. The van der Waals surface area contributed by atoms with Gasteiger partial charge in [-0.2, -0.15) is 0 Å². The molecule has 200 valence electrons. The molecule has 7 heteroatoms. The number of cyclic esters (lactones) is 1. The van der Waals surface area contributed by atoms with Crippen molar-refractivity contribution < 1.29 is 28.6 Å². The van der Waals surface area contributed by atoms with Crippen LogP contribution >= 0.6 is 0 Å². The van der Waals surface area contributed by atoms with E-state index in [-0.39, 0.29) is 19.0 Å². The smallest absolute Gasteiger partial charge is 0.417 e. The maximum Gasteiger partial charge on any atom is 0.417 e. The van der Waals surface area contributed by atoms with Crippen molar-refractivity contribution in [3.63, 3.8) is 0 Å². The fourth-order valence-electron chi connectivity index (χ4n) is 4.84. The van der Waals surface area contributed by atoms with E-state index in [0.717, 1.165) is 52.8 Å². The first kappa shape index (κ1) is 27.3. The molecule has 2 amide bonds. The summed E-state index contributed by atoms with van der Waals surface area (Å²) in [5.74, 6) is -1.34. The molecule has 2 atom stereocenters. The highest BCUT2D eigenvalue weighted by molar-refractivity contribution is 6.12. The number of nitrogens with zero attached hydrogens (tertiary/aromatic N) is 1. The fraction of sp³-hybridized carbons (Fsp3) is 0.387. The average Bonchev–Trinajstić information content (AvgIpc) is 3.51. The van der Waals surface area contributed by atoms with Gasteiger partial charge < -0.3 is 14.3 Å². The molecule has 0 bridgehead atoms. The van der Waals surface area contributed by atoms with Crippen molar-refractivity contribution in [3.05, 3.63) is 83.3 Å². The molecule has 0 spiro atoms. The van der Waals surface area contributed by atoms with Crippen LogP contribution in [0.15, 0.2) is 65.1 Å². The van der Waals surface area contributed by atoms with Crippen LogP contribution in [0.25, 0.3) is 11.1 Å². The van der Waals surface area contributed by atoms with E-state index in [0.29, 0.717) is 18.6 Å². The van der Waals surface area contributed by atoms with Gasteiger partial charge in [-0.1, -0.05) is 73.0 Å². The second-order valence-electron chi connectivity index (χ2n) is 9.92. The molecular weight excluding hydrogens is 482 g/mol. The van der Waals surface area contributed by atoms with Crippen LogP contribution in [0, 0.1) is 12.8 Å². The predicted molar refractivity (Wildman–Crippen MR) is 144 cm³/mol. The number of rotatable bonds is 12. The van der Waals surface area contributed by atoms with Crippen LogP contribution in [-0.2, 0) is 22.4 Å². The van der Waals surface area contributed by atoms with Crippen molar-refractivity contribution in [2.75, 3.05) is 13.2 Å². The van der Waals surface area contributed by atoms with Crippen molar-refractivity contribution in [3.8, 4) is 11.1 Å². The minimum Gasteiger partial charge on any atom is -0.457 e. The number of aryl methyl sites for hydroxylation is 2. The van der Waals surface area contributed by atoms with Gasteiger partial charge in [-0.25, -0.2) is 9.69 Å². The molecule has 1 aliphatic rings. The number of hydrogen-bond acceptors (Lipinski definition) is 6. The van der Waals surface area contributed by atoms with E-state index < -0.39 is 29.7 Å². The van der Waals surface area contributed by atoms with E-state index in [1.54, 1.807) is 6.07 Å². The van der Waals surface area contributed by atoms with Crippen molar-refractivity contribution in [2.45, 2.75) is 58.4 Å². The lowest BCUT2D eigenvalue weighted by Crippen LogP contribution is -2.44. The number of ketones is 1. The van der Waals surface area contributed by atoms with E-state index in [4.69, 9.17) is 14.3 Å². The molecule has 0 aliphatic carbocycles. The van der Waals surface area contributed by atoms with Crippen LogP contribution in [0.1, 0.15) is 60.0 Å². The number of amides is 2. The Kier molecular flexibility index (Phi) is 9.13. The Morgan fingerprint density at radius 2 is 1.79 bits per heavy atom. The predicted octanol–water partition coefficient (Wildman–Crippen LogP) is 5.76. The highest BCUT2D eigenvalue weighted by atomic mass is 16.6. The third kappa shape index (κ3) is 6.40. The van der Waals surface area contributed by atoms with E-state index in [2.05, 4.69) is 0 Å². The number of unbranched alkanes of at least 4 members (excludes halogenated alkanes) is 3. The molecule has 1 saturated heterocycles. The number of ether oxygens (including phenoxy) is 1. The summed E-state index contributed by atoms with van der Waals surface area (Å²) in [5.41, 5.74) is 3.85. The first-order chi connectivity index (χ1) is 18.4. The summed E-state index contributed by atoms with van der Waals surface area (Å²) in [6.45, 7) is 3.79. The molecular formula is C31H35NO6. The highest BCUT2D eigenvalue weighted by Gasteiger charge is 2.42. The van der Waals surface area contributed by atoms with Gasteiger partial charge in [-0.05, 0) is 50.3 Å². The normalized spacial score (nSPS) is 15.9. The zero-order valence-electron chi connectivity index (χ0n) is 22.0. The molecule has 38 heavy (non-hydrogen) atoms. The second kappa shape index (κ2) is 12.7. The third-order valence-electron chi connectivity index (χ3n) is 6.97. The number of aliphatic hydroxyl groups is 1. The average molecular weight is 518 g/mol. The topological polar surface area (TPSA) is 97.1 Å². The Bertz CT molecular complexity index is 1260. The maximum absolute atomic E-state index is 13.5. The van der Waals surface area contributed by atoms with E-state index in [1.165, 1.54) is 6.92 Å². The van der Waals surface area contributed by atoms with E-state index in [9.17, 15) is 14.4 Å². The van der Waals surface area contributed by atoms with Gasteiger partial charge in [0.15, 0.2) is 5.76 Å². The lowest BCUT2D eigenvalue weighted by atomic mass is 9.98. The van der Waals surface area contributed by atoms with Crippen LogP contribution in [0.5, 0.6) is 0 Å². The Balaban J connectivity index is 1.54. The quantitative estimate of drug-likeness (QED) is 0.186. The molecule has 1 aromatic heterocycles. The Morgan fingerprint density at radius 1 is 1.03 bits per heavy atom. The molecule has 1 aliphatic heterocycles. The number of hydrogen-bond donors (Lipinski definition) is 1. The number of furan rings is 1. The Labute approximate surface area is 223 Å². The SMILES string of the molecule is Cc1cccc(-c2cc(C(=O)[C@H](C)C(=O)N3C(=O)OC[C@@H]3Cc3ccccc3)oc2CCCCCCO)c1. The van der Waals surface area contributed by atoms with Crippen LogP contribution in [-0.4, -0.2) is 47.0 Å². The number of Topliss-reactive ketones (excluding diaryl/α,β-unsaturated/α-hetero) is 1. The van der Waals surface area contributed by atoms with Gasteiger partial charge in [0.05, 0.1) is 6.04 Å². The summed E-state index contributed by atoms with van der Waals surface area (Å²) < 4.78 is 11.3. The lowest BCUT2D eigenvalue weighted by molar-refractivity contribution is -0.131. The number of imide groups is 1. The minimum absolute atomic E-state index is 0.0963. The summed E-state index contributed by atoms with van der Waals surface area (Å²) in [4.78, 5) is 40.4. The number of carbonyl (C=O) groups excluding carboxylic acids is 3. The van der Waals surface area contributed by atoms with Gasteiger partial charge in [0.2, 0.25) is 11.7 Å². The lowest BCUT2D eigenvalue weighted by Gasteiger charge is -2.22. The van der Waals surface area contributed by atoms with Crippen LogP contribution in [0.2, 0.25) is 0 Å². The molecule has 7 nitrogen and oxygen atoms in total. The summed E-state index contributed by atoms with van der Waals surface area (Å²) in [7, 11) is 0. The first-order valence-corrected chi connectivity index (χ1v) is 13.3. The van der Waals surface area contributed by atoms with Crippen LogP contribution < -0.4 is 0 Å². The van der Waals surface area contributed by atoms with Gasteiger partial charge >= 0.3 is 6.09 Å². The molecule has 4 rings (SSSR count). The molecule has 1 fully saturated rings. The number of aliphatic hydroxyl groups excluding tert-OH is 1. The molecule has 3 aromatic rings. The van der Waals surface area contributed by atoms with Gasteiger partial charge in [0, 0.05) is 18.6 Å². The standard InChI is InChI=1S/C31H35NO6/c1-21-11-10-14-24(17-21)26-19-28(38-27(26)15-8-3-4-9-16-33)29(34)22(2)30(35)32-25(20-37-31(32)36)18-23-12-6-5-7-13-23/h5-7,10-14,17,19,22,25,33H,3-4,8-9,15-16,18,20H2,1-2H3/t22-,25-/m0/s1. The number of carbonyl (C=O) groups is 3. The maximum atomic E-state index is 13.5. The van der Waals surface area contributed by atoms with Gasteiger partial charge in [-0.15, -0.1) is 0 Å². The van der Waals surface area contributed by atoms with Crippen LogP contribution in [0.4, 0.5) is 4.79 Å². The van der Waals surface area contributed by atoms with Crippen molar-refractivity contribution >= 4 is 17.8 Å². The van der Waals surface area contributed by atoms with Gasteiger partial charge in [0.1, 0.15) is 18.3 Å². The molecule has 1 N–H and O–H groups in total. The summed E-state index contributed by atoms with van der Waals surface area (Å²) in [6.07, 6.45) is 3.85. The minimum atomic E-state index is -1.10. The third-order valence-corrected chi connectivity index (χ3v) is 6.97. The molecule has 0 radical (unpaired) electrons. The summed E-state index contributed by atoms with van der Waals surface area (Å²) in [6, 6.07) is 18.8. The fourth-order valence-corrected chi connectivity index (χ4v) is 4.84. The Morgan fingerprint density at radius 3 is 2.53 bits per heavy atom. The van der Waals surface area contributed by atoms with Crippen LogP contribution in [0.3, 0.4) is 0 Å². The van der Waals surface area contributed by atoms with Crippen molar-refractivity contribution in [1.82, 2.24) is 4.90 Å². The van der Waals surface area contributed by atoms with Crippen molar-refractivity contribution in [2.24, 2.45) is 5.92 Å². The molecule has 2 heterocycles. The highest BCUT2D eigenvalue weighted by Crippen LogP contribution is 2.31. The van der Waals surface area contributed by atoms with E-state index >= 15 is 0 Å². The molecule has 2 aromatic carbocycles. The van der Waals surface area contributed by atoms with Gasteiger partial charge in [0.25, 0.3) is 0 Å². The Hall–Kier alpha value is -3.71. The van der Waals surface area contributed by atoms with Crippen molar-refractivity contribution in [1.29, 1.82) is 0 Å². The number of benzene rings is 2. The zero-order valence-corrected chi connectivity index (χ0v) is 22.0. The largest absolute Gasteiger partial charge is 0.457 e. The second-order valence-corrected chi connectivity index (χ2v) is 9.92. The first-order valence-electron chi connectivity index (χ1n) is 13.3. The summed E-state index contributed by atoms with van der Waals surface area (Å²) >= 11 is 0. The summed E-state index contributed by atoms with van der Waals surface area (Å²) in [5, 5.41) is 9.03. The zero-order chi connectivity index (χ0) is 27.1.